The van der Waals surface area contributed by atoms with Gasteiger partial charge in [-0.05, 0) is 12.1 Å². The number of amidine groups is 1. The van der Waals surface area contributed by atoms with Gasteiger partial charge in [0.2, 0.25) is 0 Å². The molecule has 1 fully saturated rings. The number of anilines is 1. The van der Waals surface area contributed by atoms with Gasteiger partial charge in [-0.3, -0.25) is 4.90 Å². The molecule has 0 amide bonds. The average Bonchev–Trinajstić information content (AvgIpc) is 2.86. The zero-order valence-corrected chi connectivity index (χ0v) is 12.1. The molecule has 1 aromatic carbocycles. The van der Waals surface area contributed by atoms with Crippen molar-refractivity contribution >= 4 is 23.3 Å². The lowest BCUT2D eigenvalue weighted by Gasteiger charge is -2.36. The summed E-state index contributed by atoms with van der Waals surface area (Å²) in [5.74, 6) is 0. The Labute approximate surface area is 124 Å². The number of halogens is 1. The molecule has 1 aromatic rings. The van der Waals surface area contributed by atoms with E-state index in [2.05, 4.69) is 20.9 Å². The Hall–Kier alpha value is -1.46. The molecule has 6 heteroatoms. The molecule has 5 nitrogen and oxygen atoms in total. The summed E-state index contributed by atoms with van der Waals surface area (Å²) in [4.78, 5) is 9.01. The van der Waals surface area contributed by atoms with Crippen molar-refractivity contribution in [1.82, 2.24) is 4.90 Å². The van der Waals surface area contributed by atoms with E-state index in [1.807, 2.05) is 18.2 Å². The molecule has 0 saturated carbocycles. The molecule has 1 atom stereocenters. The number of nitrogens with two attached hydrogens (primary N) is 1. The molecule has 2 N–H and O–H groups in total. The van der Waals surface area contributed by atoms with Crippen LogP contribution in [0.25, 0.3) is 0 Å². The van der Waals surface area contributed by atoms with Crippen LogP contribution in [0.5, 0.6) is 0 Å². The molecule has 2 aliphatic heterocycles. The van der Waals surface area contributed by atoms with Gasteiger partial charge in [0.25, 0.3) is 6.02 Å². The standard InChI is InChI=1S/C14H19ClN4O/c15-12-3-1-2-4-13(12)19-7-5-18(6-8-19)9-11-10-20-14(16)17-11/h1-4,11H,5-10H2,(H2,16,17). The predicted octanol–water partition coefficient (Wildman–Crippen LogP) is 1.18. The molecule has 108 valence electrons. The molecule has 0 spiro atoms. The van der Waals surface area contributed by atoms with Gasteiger partial charge in [0.15, 0.2) is 0 Å². The highest BCUT2D eigenvalue weighted by Gasteiger charge is 2.23. The van der Waals surface area contributed by atoms with E-state index in [1.54, 1.807) is 0 Å². The molecule has 0 bridgehead atoms. The van der Waals surface area contributed by atoms with Gasteiger partial charge in [-0.1, -0.05) is 23.7 Å². The van der Waals surface area contributed by atoms with Crippen molar-refractivity contribution in [3.8, 4) is 0 Å². The van der Waals surface area contributed by atoms with Crippen LogP contribution in [0, 0.1) is 0 Å². The minimum absolute atomic E-state index is 0.182. The molecule has 1 saturated heterocycles. The van der Waals surface area contributed by atoms with Crippen LogP contribution in [0.4, 0.5) is 5.69 Å². The number of rotatable bonds is 3. The maximum atomic E-state index is 6.24. The van der Waals surface area contributed by atoms with E-state index in [9.17, 15) is 0 Å². The maximum absolute atomic E-state index is 6.24. The quantitative estimate of drug-likeness (QED) is 0.909. The lowest BCUT2D eigenvalue weighted by Crippen LogP contribution is -2.48. The molecule has 2 heterocycles. The summed E-state index contributed by atoms with van der Waals surface area (Å²) in [6.45, 7) is 5.51. The fourth-order valence-corrected chi connectivity index (χ4v) is 2.96. The topological polar surface area (TPSA) is 54.1 Å². The Balaban J connectivity index is 1.53. The minimum atomic E-state index is 0.182. The van der Waals surface area contributed by atoms with Gasteiger partial charge in [-0.15, -0.1) is 0 Å². The molecule has 0 aromatic heterocycles. The first kappa shape index (κ1) is 13.5. The van der Waals surface area contributed by atoms with Gasteiger partial charge < -0.3 is 15.4 Å². The summed E-state index contributed by atoms with van der Waals surface area (Å²) < 4.78 is 5.19. The van der Waals surface area contributed by atoms with E-state index in [1.165, 1.54) is 0 Å². The Bertz CT molecular complexity index is 500. The van der Waals surface area contributed by atoms with Gasteiger partial charge >= 0.3 is 0 Å². The smallest absolute Gasteiger partial charge is 0.282 e. The summed E-state index contributed by atoms with van der Waals surface area (Å²) in [5.41, 5.74) is 6.66. The number of hydrogen-bond acceptors (Lipinski definition) is 5. The molecular formula is C14H19ClN4O. The van der Waals surface area contributed by atoms with Gasteiger partial charge in [0.05, 0.1) is 10.7 Å². The molecule has 0 aliphatic carbocycles. The number of ether oxygens (including phenoxy) is 1. The average molecular weight is 295 g/mol. The van der Waals surface area contributed by atoms with Crippen LogP contribution in [0.2, 0.25) is 5.02 Å². The molecule has 0 radical (unpaired) electrons. The minimum Gasteiger partial charge on any atom is -0.463 e. The Kier molecular flexibility index (Phi) is 3.98. The summed E-state index contributed by atoms with van der Waals surface area (Å²) in [6, 6.07) is 8.52. The van der Waals surface area contributed by atoms with Crippen molar-refractivity contribution in [3.05, 3.63) is 29.3 Å². The first-order valence-corrected chi connectivity index (χ1v) is 7.28. The molecule has 1 unspecified atom stereocenters. The first-order valence-electron chi connectivity index (χ1n) is 6.90. The number of benzene rings is 1. The van der Waals surface area contributed by atoms with Crippen LogP contribution in [0.15, 0.2) is 29.3 Å². The van der Waals surface area contributed by atoms with E-state index in [0.717, 1.165) is 43.4 Å². The second kappa shape index (κ2) is 5.89. The maximum Gasteiger partial charge on any atom is 0.282 e. The van der Waals surface area contributed by atoms with Crippen LogP contribution in [0.3, 0.4) is 0 Å². The van der Waals surface area contributed by atoms with Crippen LogP contribution in [-0.2, 0) is 4.74 Å². The van der Waals surface area contributed by atoms with Crippen molar-refractivity contribution in [2.24, 2.45) is 10.7 Å². The second-order valence-electron chi connectivity index (χ2n) is 5.17. The highest BCUT2D eigenvalue weighted by Crippen LogP contribution is 2.26. The highest BCUT2D eigenvalue weighted by atomic mass is 35.5. The molecule has 20 heavy (non-hydrogen) atoms. The van der Waals surface area contributed by atoms with Crippen molar-refractivity contribution in [2.45, 2.75) is 6.04 Å². The Morgan fingerprint density at radius 2 is 2.00 bits per heavy atom. The van der Waals surface area contributed by atoms with Crippen LogP contribution in [-0.4, -0.2) is 56.3 Å². The summed E-state index contributed by atoms with van der Waals surface area (Å²) in [5, 5.41) is 0.822. The van der Waals surface area contributed by atoms with Crippen LogP contribution in [0.1, 0.15) is 0 Å². The van der Waals surface area contributed by atoms with Crippen LogP contribution >= 0.6 is 11.6 Å². The van der Waals surface area contributed by atoms with Gasteiger partial charge in [0, 0.05) is 32.7 Å². The Morgan fingerprint density at radius 1 is 1.25 bits per heavy atom. The number of hydrogen-bond donors (Lipinski definition) is 1. The first-order chi connectivity index (χ1) is 9.72. The third-order valence-corrected chi connectivity index (χ3v) is 4.09. The highest BCUT2D eigenvalue weighted by molar-refractivity contribution is 6.33. The normalized spacial score (nSPS) is 23.6. The zero-order chi connectivity index (χ0) is 13.9. The van der Waals surface area contributed by atoms with E-state index in [-0.39, 0.29) is 6.04 Å². The van der Waals surface area contributed by atoms with Gasteiger partial charge in [-0.2, -0.15) is 0 Å². The van der Waals surface area contributed by atoms with E-state index < -0.39 is 0 Å². The second-order valence-corrected chi connectivity index (χ2v) is 5.58. The summed E-state index contributed by atoms with van der Waals surface area (Å²) in [7, 11) is 0. The lowest BCUT2D eigenvalue weighted by molar-refractivity contribution is 0.219. The van der Waals surface area contributed by atoms with E-state index in [0.29, 0.717) is 12.6 Å². The van der Waals surface area contributed by atoms with E-state index >= 15 is 0 Å². The summed E-state index contributed by atoms with van der Waals surface area (Å²) >= 11 is 6.24. The number of para-hydroxylation sites is 1. The van der Waals surface area contributed by atoms with Crippen molar-refractivity contribution in [2.75, 3.05) is 44.2 Å². The fourth-order valence-electron chi connectivity index (χ4n) is 2.71. The predicted molar refractivity (Wildman–Crippen MR) is 81.5 cm³/mol. The van der Waals surface area contributed by atoms with Crippen molar-refractivity contribution < 1.29 is 4.74 Å². The molecular weight excluding hydrogens is 276 g/mol. The van der Waals surface area contributed by atoms with Crippen LogP contribution < -0.4 is 10.6 Å². The van der Waals surface area contributed by atoms with Crippen molar-refractivity contribution in [3.63, 3.8) is 0 Å². The molecule has 2 aliphatic rings. The lowest BCUT2D eigenvalue weighted by atomic mass is 10.2. The SMILES string of the molecule is NC1=NC(CN2CCN(c3ccccc3Cl)CC2)CO1. The number of piperazine rings is 1. The summed E-state index contributed by atoms with van der Waals surface area (Å²) in [6.07, 6.45) is 0. The monoisotopic (exact) mass is 294 g/mol. The molecule has 3 rings (SSSR count). The number of nitrogens with zero attached hydrogens (tertiary/aromatic N) is 3. The van der Waals surface area contributed by atoms with Gasteiger partial charge in [0.1, 0.15) is 12.6 Å². The van der Waals surface area contributed by atoms with Gasteiger partial charge in [-0.25, -0.2) is 4.99 Å². The zero-order valence-electron chi connectivity index (χ0n) is 11.3. The third kappa shape index (κ3) is 2.99. The fraction of sp³-hybridized carbons (Fsp3) is 0.500. The van der Waals surface area contributed by atoms with Crippen molar-refractivity contribution in [1.29, 1.82) is 0 Å². The Morgan fingerprint density at radius 3 is 2.65 bits per heavy atom. The largest absolute Gasteiger partial charge is 0.463 e. The third-order valence-electron chi connectivity index (χ3n) is 3.77. The van der Waals surface area contributed by atoms with E-state index in [4.69, 9.17) is 22.1 Å². The number of aliphatic imine (C=N–C) groups is 1.